The van der Waals surface area contributed by atoms with Crippen LogP contribution in [0.3, 0.4) is 0 Å². The van der Waals surface area contributed by atoms with E-state index in [1.165, 1.54) is 32.1 Å². The number of unbranched alkanes of at least 4 members (excludes halogenated alkanes) is 14. The molecule has 0 bridgehead atoms. The van der Waals surface area contributed by atoms with Crippen molar-refractivity contribution in [2.24, 2.45) is 0 Å². The molecule has 0 spiro atoms. The smallest absolute Gasteiger partial charge is 0.462 e. The molecule has 300 valence electrons. The minimum Gasteiger partial charge on any atom is -0.462 e. The number of hydrogen-bond donors (Lipinski definition) is 1. The maximum Gasteiger partial charge on any atom is 0.472 e. The molecule has 0 aliphatic heterocycles. The van der Waals surface area contributed by atoms with Crippen molar-refractivity contribution in [1.29, 1.82) is 0 Å². The second-order valence-electron chi connectivity index (χ2n) is 14.4. The topological polar surface area (TPSA) is 108 Å². The van der Waals surface area contributed by atoms with Gasteiger partial charge in [0.05, 0.1) is 27.7 Å². The summed E-state index contributed by atoms with van der Waals surface area (Å²) < 4.78 is 34.2. The minimum atomic E-state index is -4.38. The van der Waals surface area contributed by atoms with Gasteiger partial charge in [0.15, 0.2) is 6.10 Å². The summed E-state index contributed by atoms with van der Waals surface area (Å²) in [6.45, 7) is 4.20. The van der Waals surface area contributed by atoms with Crippen LogP contribution in [0, 0.1) is 0 Å². The Labute approximate surface area is 317 Å². The molecule has 0 aromatic carbocycles. The fraction of sp³-hybridized carbons (Fsp3) is 0.714. The third kappa shape index (κ3) is 37.5. The quantitative estimate of drug-likeness (QED) is 0.0170. The molecular weight excluding hydrogens is 677 g/mol. The van der Waals surface area contributed by atoms with Crippen LogP contribution in [0.4, 0.5) is 0 Å². The molecule has 0 aromatic heterocycles. The summed E-state index contributed by atoms with van der Waals surface area (Å²) in [6.07, 6.45) is 39.8. The molecule has 0 saturated heterocycles. The van der Waals surface area contributed by atoms with Gasteiger partial charge in [-0.3, -0.25) is 18.6 Å². The van der Waals surface area contributed by atoms with Gasteiger partial charge < -0.3 is 18.9 Å². The normalized spacial score (nSPS) is 14.3. The molecule has 1 unspecified atom stereocenters. The molecule has 0 saturated carbocycles. The first kappa shape index (κ1) is 49.7. The highest BCUT2D eigenvalue weighted by Crippen LogP contribution is 2.43. The zero-order chi connectivity index (χ0) is 38.6. The van der Waals surface area contributed by atoms with Crippen LogP contribution in [0.2, 0.25) is 0 Å². The van der Waals surface area contributed by atoms with Crippen LogP contribution in [0.25, 0.3) is 0 Å². The van der Waals surface area contributed by atoms with Crippen molar-refractivity contribution in [2.75, 3.05) is 47.5 Å². The molecule has 0 aliphatic rings. The van der Waals surface area contributed by atoms with Crippen LogP contribution in [-0.4, -0.2) is 74.9 Å². The van der Waals surface area contributed by atoms with E-state index in [0.717, 1.165) is 77.0 Å². The van der Waals surface area contributed by atoms with E-state index in [-0.39, 0.29) is 32.0 Å². The fourth-order valence-corrected chi connectivity index (χ4v) is 5.70. The fourth-order valence-electron chi connectivity index (χ4n) is 4.96. The van der Waals surface area contributed by atoms with Crippen molar-refractivity contribution in [3.05, 3.63) is 60.8 Å². The number of rotatable bonds is 35. The first-order valence-corrected chi connectivity index (χ1v) is 21.6. The lowest BCUT2D eigenvalue weighted by atomic mass is 10.1. The van der Waals surface area contributed by atoms with E-state index in [1.807, 2.05) is 51.5 Å². The Bertz CT molecular complexity index is 1080. The van der Waals surface area contributed by atoms with Gasteiger partial charge in [-0.15, -0.1) is 0 Å². The summed E-state index contributed by atoms with van der Waals surface area (Å²) in [5, 5.41) is 0. The third-order valence-electron chi connectivity index (χ3n) is 8.13. The van der Waals surface area contributed by atoms with Crippen molar-refractivity contribution in [3.8, 4) is 0 Å². The lowest BCUT2D eigenvalue weighted by molar-refractivity contribution is -0.870. The molecule has 0 radical (unpaired) electrons. The monoisotopic (exact) mass is 753 g/mol. The first-order valence-electron chi connectivity index (χ1n) is 20.1. The molecule has 1 N–H and O–H groups in total. The number of ether oxygens (including phenoxy) is 2. The Kier molecular flexibility index (Phi) is 33.0. The summed E-state index contributed by atoms with van der Waals surface area (Å²) >= 11 is 0. The first-order chi connectivity index (χ1) is 25.0. The summed E-state index contributed by atoms with van der Waals surface area (Å²) in [6, 6.07) is 0. The zero-order valence-electron chi connectivity index (χ0n) is 33.5. The zero-order valence-corrected chi connectivity index (χ0v) is 34.4. The number of quaternary nitrogens is 1. The second-order valence-corrected chi connectivity index (χ2v) is 15.8. The van der Waals surface area contributed by atoms with Gasteiger partial charge in [0.1, 0.15) is 19.8 Å². The summed E-state index contributed by atoms with van der Waals surface area (Å²) in [7, 11) is 1.44. The van der Waals surface area contributed by atoms with E-state index in [0.29, 0.717) is 17.4 Å². The number of carbonyl (C=O) groups excluding carboxylic acids is 2. The predicted molar refractivity (Wildman–Crippen MR) is 215 cm³/mol. The van der Waals surface area contributed by atoms with Crippen LogP contribution in [-0.2, 0) is 32.7 Å². The van der Waals surface area contributed by atoms with Crippen LogP contribution < -0.4 is 0 Å². The lowest BCUT2D eigenvalue weighted by Crippen LogP contribution is -2.37. The standard InChI is InChI=1S/C42H74NO8P/c1-6-8-10-12-14-16-18-20-21-23-25-27-29-31-33-35-42(45)51-40(39-50-52(46,47)49-37-36-43(3,4)5)38-48-41(44)34-32-30-28-26-24-22-19-17-15-13-11-9-7-2/h8,10,12,14,16-21,40H,6-7,9,11,13,15,22-39H2,1-5H3/p+1/b10-8+,14-12+,18-16+,19-17+,21-20+/t40-/m1/s1. The van der Waals surface area contributed by atoms with E-state index in [9.17, 15) is 19.0 Å². The molecule has 0 aromatic rings. The molecule has 0 aliphatic carbocycles. The molecule has 0 rings (SSSR count). The summed E-state index contributed by atoms with van der Waals surface area (Å²) in [5.74, 6) is -0.843. The third-order valence-corrected chi connectivity index (χ3v) is 9.11. The Hall–Kier alpha value is -2.29. The number of likely N-dealkylation sites (N-methyl/N-ethyl adjacent to an activating group) is 1. The summed E-state index contributed by atoms with van der Waals surface area (Å²) in [4.78, 5) is 35.2. The van der Waals surface area contributed by atoms with E-state index >= 15 is 0 Å². The van der Waals surface area contributed by atoms with E-state index in [1.54, 1.807) is 0 Å². The molecule has 0 amide bonds. The number of phosphoric acid groups is 1. The van der Waals surface area contributed by atoms with Crippen molar-refractivity contribution < 1.29 is 42.1 Å². The van der Waals surface area contributed by atoms with Crippen LogP contribution in [0.15, 0.2) is 60.8 Å². The van der Waals surface area contributed by atoms with Gasteiger partial charge in [-0.2, -0.15) is 0 Å². The molecule has 9 nitrogen and oxygen atoms in total. The van der Waals surface area contributed by atoms with Crippen molar-refractivity contribution in [2.45, 2.75) is 148 Å². The van der Waals surface area contributed by atoms with Gasteiger partial charge >= 0.3 is 19.8 Å². The van der Waals surface area contributed by atoms with E-state index in [4.69, 9.17) is 18.5 Å². The van der Waals surface area contributed by atoms with Crippen LogP contribution in [0.5, 0.6) is 0 Å². The molecule has 0 heterocycles. The van der Waals surface area contributed by atoms with Gasteiger partial charge in [0.2, 0.25) is 0 Å². The number of phosphoric ester groups is 1. The van der Waals surface area contributed by atoms with Crippen molar-refractivity contribution in [1.82, 2.24) is 0 Å². The van der Waals surface area contributed by atoms with E-state index < -0.39 is 26.5 Å². The molecular formula is C42H75NO8P+. The average molecular weight is 753 g/mol. The highest BCUT2D eigenvalue weighted by molar-refractivity contribution is 7.47. The van der Waals surface area contributed by atoms with Gasteiger partial charge in [0.25, 0.3) is 0 Å². The number of nitrogens with zero attached hydrogens (tertiary/aromatic N) is 1. The van der Waals surface area contributed by atoms with Crippen molar-refractivity contribution >= 4 is 19.8 Å². The molecule has 0 fully saturated rings. The molecule has 52 heavy (non-hydrogen) atoms. The van der Waals surface area contributed by atoms with E-state index in [2.05, 4.69) is 44.2 Å². The number of carbonyl (C=O) groups is 2. The molecule has 2 atom stereocenters. The number of allylic oxidation sites excluding steroid dienone is 10. The van der Waals surface area contributed by atoms with Crippen LogP contribution in [0.1, 0.15) is 142 Å². The highest BCUT2D eigenvalue weighted by atomic mass is 31.2. The summed E-state index contributed by atoms with van der Waals surface area (Å²) in [5.41, 5.74) is 0. The van der Waals surface area contributed by atoms with Crippen LogP contribution >= 0.6 is 7.82 Å². The maximum atomic E-state index is 12.6. The Morgan fingerprint density at radius 1 is 0.615 bits per heavy atom. The predicted octanol–water partition coefficient (Wildman–Crippen LogP) is 10.9. The number of esters is 2. The SMILES string of the molecule is CC/C=C/C=C/C=C/C=C/CCCCCCCC(=O)O[C@H](COC(=O)CCCCCCC/C=C/CCCCCC)COP(=O)(O)OCC[N+](C)(C)C. The largest absolute Gasteiger partial charge is 0.472 e. The maximum absolute atomic E-state index is 12.6. The Balaban J connectivity index is 4.49. The Morgan fingerprint density at radius 2 is 1.12 bits per heavy atom. The highest BCUT2D eigenvalue weighted by Gasteiger charge is 2.27. The van der Waals surface area contributed by atoms with Gasteiger partial charge in [-0.1, -0.05) is 132 Å². The van der Waals surface area contributed by atoms with Gasteiger partial charge in [0, 0.05) is 12.8 Å². The lowest BCUT2D eigenvalue weighted by Gasteiger charge is -2.24. The average Bonchev–Trinajstić information content (AvgIpc) is 3.09. The molecule has 10 heteroatoms. The minimum absolute atomic E-state index is 0.0225. The van der Waals surface area contributed by atoms with Gasteiger partial charge in [-0.05, 0) is 57.8 Å². The van der Waals surface area contributed by atoms with Crippen molar-refractivity contribution in [3.63, 3.8) is 0 Å². The second kappa shape index (κ2) is 34.5. The van der Waals surface area contributed by atoms with Gasteiger partial charge in [-0.25, -0.2) is 4.57 Å². The Morgan fingerprint density at radius 3 is 1.69 bits per heavy atom. The number of hydrogen-bond acceptors (Lipinski definition) is 7.